The van der Waals surface area contributed by atoms with Crippen molar-refractivity contribution >= 4 is 34.1 Å². The highest BCUT2D eigenvalue weighted by Gasteiger charge is 2.35. The molecule has 0 amide bonds. The number of thiocarbonyl (C=S) groups is 1. The van der Waals surface area contributed by atoms with Crippen LogP contribution in [0.25, 0.3) is 0 Å². The van der Waals surface area contributed by atoms with Gasteiger partial charge in [-0.1, -0.05) is 30.0 Å². The first-order valence-electron chi connectivity index (χ1n) is 9.92. The molecule has 1 aromatic heterocycles. The van der Waals surface area contributed by atoms with Crippen molar-refractivity contribution in [1.29, 1.82) is 0 Å². The maximum absolute atomic E-state index is 12.5. The number of fused-ring (bicyclic) bond motifs is 4. The molecule has 0 saturated carbocycles. The number of hydrogen-bond donors (Lipinski definition) is 0. The van der Waals surface area contributed by atoms with Crippen molar-refractivity contribution in [3.05, 3.63) is 64.1 Å². The van der Waals surface area contributed by atoms with E-state index in [0.717, 1.165) is 41.8 Å². The van der Waals surface area contributed by atoms with Crippen molar-refractivity contribution < 1.29 is 9.53 Å². The minimum atomic E-state index is 0.0644. The highest BCUT2D eigenvalue weighted by Crippen LogP contribution is 2.36. The quantitative estimate of drug-likeness (QED) is 0.536. The zero-order chi connectivity index (χ0) is 20.4. The van der Waals surface area contributed by atoms with Gasteiger partial charge in [-0.25, -0.2) is 0 Å². The number of likely N-dealkylation sites (tertiary alicyclic amines) is 1. The summed E-state index contributed by atoms with van der Waals surface area (Å²) in [6.07, 6.45) is 1.10. The van der Waals surface area contributed by atoms with Gasteiger partial charge in [0.2, 0.25) is 0 Å². The second-order valence-electron chi connectivity index (χ2n) is 7.54. The normalized spacial score (nSPS) is 20.1. The summed E-state index contributed by atoms with van der Waals surface area (Å²) in [4.78, 5) is 26.9. The van der Waals surface area contributed by atoms with E-state index in [0.29, 0.717) is 29.8 Å². The number of aromatic nitrogens is 1. The lowest BCUT2D eigenvalue weighted by Gasteiger charge is -2.43. The molecule has 2 aliphatic rings. The number of piperidine rings is 1. The Balaban J connectivity index is 1.36. The highest BCUT2D eigenvalue weighted by atomic mass is 32.2. The van der Waals surface area contributed by atoms with Gasteiger partial charge in [-0.15, -0.1) is 0 Å². The summed E-state index contributed by atoms with van der Waals surface area (Å²) in [6, 6.07) is 12.8. The van der Waals surface area contributed by atoms with Crippen LogP contribution in [-0.2, 0) is 6.54 Å². The Morgan fingerprint density at radius 3 is 2.72 bits per heavy atom. The second-order valence-corrected chi connectivity index (χ2v) is 9.15. The molecule has 2 aliphatic heterocycles. The minimum absolute atomic E-state index is 0.0644. The van der Waals surface area contributed by atoms with Crippen molar-refractivity contribution in [1.82, 2.24) is 9.47 Å². The summed E-state index contributed by atoms with van der Waals surface area (Å²) >= 11 is 7.08. The van der Waals surface area contributed by atoms with Crippen LogP contribution in [0.1, 0.15) is 35.3 Å². The van der Waals surface area contributed by atoms with Crippen molar-refractivity contribution in [2.45, 2.75) is 25.8 Å². The van der Waals surface area contributed by atoms with Crippen LogP contribution in [0.2, 0.25) is 0 Å². The summed E-state index contributed by atoms with van der Waals surface area (Å²) in [5.41, 5.74) is 1.87. The molecular formula is C22H24N2O3S2. The number of thioether (sulfide) groups is 1. The number of Topliss-reactive ketones (excluding diaryl/α,β-unsaturated/α-hetero) is 1. The second kappa shape index (κ2) is 8.71. The summed E-state index contributed by atoms with van der Waals surface area (Å²) in [7, 11) is 0. The zero-order valence-corrected chi connectivity index (χ0v) is 18.0. The number of ketones is 1. The SMILES string of the molecule is CCOc1ccc(C(=O)CSC(=S)N2C[C@@H]3C[C@H](C2)c2cccc(=O)n2C3)cc1. The molecule has 2 bridgehead atoms. The molecule has 1 saturated heterocycles. The van der Waals surface area contributed by atoms with Gasteiger partial charge in [0.05, 0.1) is 12.4 Å². The first-order valence-corrected chi connectivity index (χ1v) is 11.3. The molecule has 0 spiro atoms. The lowest BCUT2D eigenvalue weighted by atomic mass is 9.83. The van der Waals surface area contributed by atoms with E-state index in [1.807, 2.05) is 29.7 Å². The lowest BCUT2D eigenvalue weighted by molar-refractivity contribution is 0.102. The topological polar surface area (TPSA) is 51.5 Å². The fourth-order valence-electron chi connectivity index (χ4n) is 4.25. The average molecular weight is 429 g/mol. The molecule has 0 unspecified atom stereocenters. The first-order chi connectivity index (χ1) is 14.0. The van der Waals surface area contributed by atoms with Crippen LogP contribution in [0.15, 0.2) is 47.3 Å². The van der Waals surface area contributed by atoms with E-state index < -0.39 is 0 Å². The molecule has 7 heteroatoms. The van der Waals surface area contributed by atoms with Gasteiger partial charge < -0.3 is 14.2 Å². The summed E-state index contributed by atoms with van der Waals surface area (Å²) in [5.74, 6) is 1.90. The summed E-state index contributed by atoms with van der Waals surface area (Å²) < 4.78 is 8.11. The Bertz CT molecular complexity index is 971. The van der Waals surface area contributed by atoms with E-state index in [1.165, 1.54) is 11.8 Å². The van der Waals surface area contributed by atoms with Crippen LogP contribution in [0.3, 0.4) is 0 Å². The molecule has 29 heavy (non-hydrogen) atoms. The Morgan fingerprint density at radius 2 is 1.97 bits per heavy atom. The van der Waals surface area contributed by atoms with Crippen LogP contribution >= 0.6 is 24.0 Å². The van der Waals surface area contributed by atoms with E-state index in [-0.39, 0.29) is 11.3 Å². The van der Waals surface area contributed by atoms with Gasteiger partial charge in [0.15, 0.2) is 5.78 Å². The Morgan fingerprint density at radius 1 is 1.17 bits per heavy atom. The number of rotatable bonds is 5. The van der Waals surface area contributed by atoms with Crippen molar-refractivity contribution in [2.24, 2.45) is 5.92 Å². The largest absolute Gasteiger partial charge is 0.494 e. The number of ether oxygens (including phenoxy) is 1. The number of nitrogens with zero attached hydrogens (tertiary/aromatic N) is 2. The molecule has 152 valence electrons. The number of carbonyl (C=O) groups excluding carboxylic acids is 1. The number of benzene rings is 1. The van der Waals surface area contributed by atoms with Gasteiger partial charge >= 0.3 is 0 Å². The van der Waals surface area contributed by atoms with Crippen LogP contribution in [0.4, 0.5) is 0 Å². The third-order valence-electron chi connectivity index (χ3n) is 5.55. The van der Waals surface area contributed by atoms with Gasteiger partial charge in [-0.2, -0.15) is 0 Å². The average Bonchev–Trinajstić information content (AvgIpc) is 2.73. The van der Waals surface area contributed by atoms with E-state index in [1.54, 1.807) is 18.2 Å². The molecule has 1 aromatic carbocycles. The monoisotopic (exact) mass is 428 g/mol. The third kappa shape index (κ3) is 4.41. The lowest BCUT2D eigenvalue weighted by Crippen LogP contribution is -2.48. The zero-order valence-electron chi connectivity index (χ0n) is 16.4. The molecule has 3 heterocycles. The van der Waals surface area contributed by atoms with Crippen molar-refractivity contribution in [2.75, 3.05) is 25.4 Å². The van der Waals surface area contributed by atoms with Crippen molar-refractivity contribution in [3.63, 3.8) is 0 Å². The predicted octanol–water partition coefficient (Wildman–Crippen LogP) is 3.57. The van der Waals surface area contributed by atoms with Gasteiger partial charge in [0, 0.05) is 42.9 Å². The highest BCUT2D eigenvalue weighted by molar-refractivity contribution is 8.23. The van der Waals surface area contributed by atoms with E-state index in [2.05, 4.69) is 11.0 Å². The third-order valence-corrected chi connectivity index (χ3v) is 7.08. The first kappa shape index (κ1) is 20.2. The van der Waals surface area contributed by atoms with E-state index in [4.69, 9.17) is 17.0 Å². The smallest absolute Gasteiger partial charge is 0.250 e. The molecule has 0 radical (unpaired) electrons. The van der Waals surface area contributed by atoms with Gasteiger partial charge in [-0.3, -0.25) is 9.59 Å². The molecular weight excluding hydrogens is 404 g/mol. The standard InChI is InChI=1S/C22H24N2O3S2/c1-2-27-18-8-6-16(7-9-18)20(25)14-29-22(28)23-11-15-10-17(13-23)19-4-3-5-21(26)24(19)12-15/h3-9,15,17H,2,10-14H2,1H3/t15-,17+/m0/s1. The minimum Gasteiger partial charge on any atom is -0.494 e. The Kier molecular flexibility index (Phi) is 6.06. The molecule has 1 fully saturated rings. The van der Waals surface area contributed by atoms with Crippen molar-refractivity contribution in [3.8, 4) is 5.75 Å². The molecule has 4 rings (SSSR count). The maximum Gasteiger partial charge on any atom is 0.250 e. The van der Waals surface area contributed by atoms with Gasteiger partial charge in [0.25, 0.3) is 5.56 Å². The van der Waals surface area contributed by atoms with Crippen LogP contribution in [0.5, 0.6) is 5.75 Å². The van der Waals surface area contributed by atoms with Crippen LogP contribution < -0.4 is 10.3 Å². The molecule has 5 nitrogen and oxygen atoms in total. The van der Waals surface area contributed by atoms with Crippen LogP contribution in [0, 0.1) is 5.92 Å². The fraction of sp³-hybridized carbons (Fsp3) is 0.409. The number of carbonyl (C=O) groups is 1. The summed E-state index contributed by atoms with van der Waals surface area (Å²) in [5, 5.41) is 0. The van der Waals surface area contributed by atoms with E-state index >= 15 is 0 Å². The molecule has 0 aliphatic carbocycles. The Labute approximate surface area is 180 Å². The molecule has 0 N–H and O–H groups in total. The number of pyridine rings is 1. The van der Waals surface area contributed by atoms with E-state index in [9.17, 15) is 9.59 Å². The fourth-order valence-corrected chi connectivity index (χ4v) is 5.33. The van der Waals surface area contributed by atoms with Gasteiger partial charge in [0.1, 0.15) is 10.1 Å². The van der Waals surface area contributed by atoms with Gasteiger partial charge in [-0.05, 0) is 49.6 Å². The van der Waals surface area contributed by atoms with Crippen LogP contribution in [-0.4, -0.2) is 45.0 Å². The molecule has 2 aromatic rings. The predicted molar refractivity (Wildman–Crippen MR) is 120 cm³/mol. The Hall–Kier alpha value is -2.12. The maximum atomic E-state index is 12.5. The summed E-state index contributed by atoms with van der Waals surface area (Å²) in [6.45, 7) is 4.94. The number of hydrogen-bond acceptors (Lipinski definition) is 5. The molecule has 2 atom stereocenters.